The molecule has 0 radical (unpaired) electrons. The lowest BCUT2D eigenvalue weighted by molar-refractivity contribution is -0.116. The third-order valence-corrected chi connectivity index (χ3v) is 5.91. The number of carbonyl (C=O) groups is 1. The number of nitrogens with one attached hydrogen (secondary N) is 1. The number of rotatable bonds is 3. The molecule has 148 valence electrons. The molecule has 3 heterocycles. The van der Waals surface area contributed by atoms with E-state index in [-0.39, 0.29) is 11.8 Å². The van der Waals surface area contributed by atoms with Gasteiger partial charge in [-0.3, -0.25) is 4.79 Å². The minimum atomic E-state index is -0.108. The number of carbonyl (C=O) groups excluding carboxylic acids is 1. The van der Waals surface area contributed by atoms with Gasteiger partial charge in [0.1, 0.15) is 5.82 Å². The van der Waals surface area contributed by atoms with Gasteiger partial charge in [-0.25, -0.2) is 4.98 Å². The zero-order valence-electron chi connectivity index (χ0n) is 16.1. The number of aromatic nitrogens is 5. The second kappa shape index (κ2) is 7.46. The van der Waals surface area contributed by atoms with Crippen LogP contribution in [0, 0.1) is 6.92 Å². The normalized spacial score (nSPS) is 15.5. The van der Waals surface area contributed by atoms with Crippen LogP contribution in [0.4, 0.5) is 5.82 Å². The standard InChI is InChI=1S/C22H17BrN6O/c1-13-20-16(15-9-5-6-10-17(15)23)11-19(30)26-21(20)29(28-13)22-25-18(12-24-27-22)14-7-3-2-4-8-14/h2-10,12,16H,11H2,1H3,(H,26,30)/t16-/m0/s1. The van der Waals surface area contributed by atoms with Crippen LogP contribution in [-0.2, 0) is 4.79 Å². The fourth-order valence-electron chi connectivity index (χ4n) is 3.85. The number of benzene rings is 2. The molecule has 1 amide bonds. The lowest BCUT2D eigenvalue weighted by atomic mass is 9.86. The lowest BCUT2D eigenvalue weighted by Crippen LogP contribution is -2.25. The summed E-state index contributed by atoms with van der Waals surface area (Å²) in [6, 6.07) is 17.7. The van der Waals surface area contributed by atoms with Gasteiger partial charge >= 0.3 is 0 Å². The van der Waals surface area contributed by atoms with E-state index in [9.17, 15) is 4.79 Å². The van der Waals surface area contributed by atoms with Gasteiger partial charge in [-0.2, -0.15) is 14.9 Å². The van der Waals surface area contributed by atoms with Gasteiger partial charge in [-0.05, 0) is 18.6 Å². The molecular formula is C22H17BrN6O. The number of amides is 1. The third-order valence-electron chi connectivity index (χ3n) is 5.19. The molecule has 4 aromatic rings. The zero-order valence-corrected chi connectivity index (χ0v) is 17.7. The molecule has 0 spiro atoms. The number of hydrogen-bond acceptors (Lipinski definition) is 5. The van der Waals surface area contributed by atoms with Crippen molar-refractivity contribution in [3.8, 4) is 17.2 Å². The third kappa shape index (κ3) is 3.19. The Hall–Kier alpha value is -3.39. The quantitative estimate of drug-likeness (QED) is 0.493. The van der Waals surface area contributed by atoms with Crippen molar-refractivity contribution in [2.45, 2.75) is 19.3 Å². The summed E-state index contributed by atoms with van der Waals surface area (Å²) in [7, 11) is 0. The molecule has 1 aliphatic heterocycles. The van der Waals surface area contributed by atoms with E-state index >= 15 is 0 Å². The van der Waals surface area contributed by atoms with Crippen molar-refractivity contribution in [3.63, 3.8) is 0 Å². The van der Waals surface area contributed by atoms with E-state index in [2.05, 4.69) is 41.5 Å². The second-order valence-electron chi connectivity index (χ2n) is 7.09. The van der Waals surface area contributed by atoms with Crippen LogP contribution in [0.25, 0.3) is 17.2 Å². The van der Waals surface area contributed by atoms with Crippen LogP contribution in [0.3, 0.4) is 0 Å². The summed E-state index contributed by atoms with van der Waals surface area (Å²) in [6.07, 6.45) is 1.97. The molecular weight excluding hydrogens is 444 g/mol. The molecule has 1 N–H and O–H groups in total. The predicted octanol–water partition coefficient (Wildman–Crippen LogP) is 4.27. The van der Waals surface area contributed by atoms with Crippen LogP contribution in [-0.4, -0.2) is 30.9 Å². The maximum Gasteiger partial charge on any atom is 0.272 e. The first kappa shape index (κ1) is 18.6. The van der Waals surface area contributed by atoms with E-state index in [1.807, 2.05) is 61.5 Å². The summed E-state index contributed by atoms with van der Waals surface area (Å²) < 4.78 is 2.54. The summed E-state index contributed by atoms with van der Waals surface area (Å²) in [5, 5.41) is 15.9. The van der Waals surface area contributed by atoms with Gasteiger partial charge < -0.3 is 5.32 Å². The van der Waals surface area contributed by atoms with Gasteiger partial charge in [0.2, 0.25) is 5.91 Å². The first-order valence-corrected chi connectivity index (χ1v) is 10.3. The number of nitrogens with zero attached hydrogens (tertiary/aromatic N) is 5. The molecule has 0 saturated carbocycles. The fourth-order valence-corrected chi connectivity index (χ4v) is 4.41. The van der Waals surface area contributed by atoms with Gasteiger partial charge in [0.05, 0.1) is 17.6 Å². The molecule has 0 bridgehead atoms. The monoisotopic (exact) mass is 460 g/mol. The molecule has 1 atom stereocenters. The minimum absolute atomic E-state index is 0.0726. The Balaban J connectivity index is 1.64. The summed E-state index contributed by atoms with van der Waals surface area (Å²) >= 11 is 3.62. The van der Waals surface area contributed by atoms with Crippen LogP contribution in [0.15, 0.2) is 65.3 Å². The van der Waals surface area contributed by atoms with Gasteiger partial charge in [0.25, 0.3) is 5.95 Å². The molecule has 7 nitrogen and oxygen atoms in total. The second-order valence-corrected chi connectivity index (χ2v) is 7.95. The highest BCUT2D eigenvalue weighted by molar-refractivity contribution is 9.10. The minimum Gasteiger partial charge on any atom is -0.310 e. The van der Waals surface area contributed by atoms with Gasteiger partial charge in [0, 0.05) is 27.9 Å². The number of hydrogen-bond donors (Lipinski definition) is 1. The zero-order chi connectivity index (χ0) is 20.7. The Labute approximate surface area is 181 Å². The SMILES string of the molecule is Cc1nn(-c2nncc(-c3ccccc3)n2)c2c1[C@H](c1ccccc1Br)CC(=O)N2. The average molecular weight is 461 g/mol. The van der Waals surface area contributed by atoms with E-state index in [0.717, 1.165) is 26.9 Å². The Kier molecular flexibility index (Phi) is 4.63. The van der Waals surface area contributed by atoms with Crippen molar-refractivity contribution in [2.75, 3.05) is 5.32 Å². The van der Waals surface area contributed by atoms with E-state index in [0.29, 0.717) is 23.9 Å². The molecule has 30 heavy (non-hydrogen) atoms. The summed E-state index contributed by atoms with van der Waals surface area (Å²) in [6.45, 7) is 1.94. The number of fused-ring (bicyclic) bond motifs is 1. The van der Waals surface area contributed by atoms with Gasteiger partial charge in [-0.15, -0.1) is 5.10 Å². The molecule has 2 aromatic heterocycles. The lowest BCUT2D eigenvalue weighted by Gasteiger charge is -2.24. The van der Waals surface area contributed by atoms with Crippen molar-refractivity contribution in [1.29, 1.82) is 0 Å². The highest BCUT2D eigenvalue weighted by Crippen LogP contribution is 2.42. The topological polar surface area (TPSA) is 85.6 Å². The van der Waals surface area contributed by atoms with Crippen LogP contribution in [0.1, 0.15) is 29.2 Å². The van der Waals surface area contributed by atoms with E-state index < -0.39 is 0 Å². The molecule has 5 rings (SSSR count). The first-order chi connectivity index (χ1) is 14.6. The summed E-state index contributed by atoms with van der Waals surface area (Å²) in [4.78, 5) is 17.2. The molecule has 2 aromatic carbocycles. The summed E-state index contributed by atoms with van der Waals surface area (Å²) in [5.74, 6) is 0.727. The molecule has 0 fully saturated rings. The highest BCUT2D eigenvalue weighted by Gasteiger charge is 2.34. The Morgan fingerprint density at radius 3 is 2.67 bits per heavy atom. The van der Waals surface area contributed by atoms with Crippen LogP contribution >= 0.6 is 15.9 Å². The average Bonchev–Trinajstić information content (AvgIpc) is 3.10. The molecule has 8 heteroatoms. The molecule has 1 aliphatic rings. The first-order valence-electron chi connectivity index (χ1n) is 9.51. The van der Waals surface area contributed by atoms with Crippen molar-refractivity contribution in [3.05, 3.63) is 82.1 Å². The Morgan fingerprint density at radius 2 is 1.87 bits per heavy atom. The van der Waals surface area contributed by atoms with Crippen molar-refractivity contribution in [1.82, 2.24) is 25.0 Å². The molecule has 0 unspecified atom stereocenters. The van der Waals surface area contributed by atoms with E-state index in [1.165, 1.54) is 0 Å². The maximum absolute atomic E-state index is 12.6. The van der Waals surface area contributed by atoms with E-state index in [4.69, 9.17) is 0 Å². The Morgan fingerprint density at radius 1 is 1.10 bits per heavy atom. The van der Waals surface area contributed by atoms with Gasteiger partial charge in [0.15, 0.2) is 0 Å². The van der Waals surface area contributed by atoms with Crippen LogP contribution in [0.2, 0.25) is 0 Å². The maximum atomic E-state index is 12.6. The van der Waals surface area contributed by atoms with Crippen LogP contribution in [0.5, 0.6) is 0 Å². The van der Waals surface area contributed by atoms with E-state index in [1.54, 1.807) is 10.9 Å². The number of anilines is 1. The van der Waals surface area contributed by atoms with Gasteiger partial charge in [-0.1, -0.05) is 64.5 Å². The van der Waals surface area contributed by atoms with Crippen molar-refractivity contribution >= 4 is 27.7 Å². The number of halogens is 1. The fraction of sp³-hybridized carbons (Fsp3) is 0.136. The summed E-state index contributed by atoms with van der Waals surface area (Å²) in [5.41, 5.74) is 4.46. The highest BCUT2D eigenvalue weighted by atomic mass is 79.9. The van der Waals surface area contributed by atoms with Crippen molar-refractivity contribution < 1.29 is 4.79 Å². The molecule has 0 aliphatic carbocycles. The van der Waals surface area contributed by atoms with Crippen LogP contribution < -0.4 is 5.32 Å². The van der Waals surface area contributed by atoms with Crippen molar-refractivity contribution in [2.24, 2.45) is 0 Å². The number of aryl methyl sites for hydroxylation is 1. The largest absolute Gasteiger partial charge is 0.310 e. The molecule has 0 saturated heterocycles. The predicted molar refractivity (Wildman–Crippen MR) is 116 cm³/mol. The smallest absolute Gasteiger partial charge is 0.272 e. The Bertz CT molecular complexity index is 1250.